The second kappa shape index (κ2) is 18.3. The van der Waals surface area contributed by atoms with E-state index in [9.17, 15) is 48.9 Å². The molecule has 0 radical (unpaired) electrons. The van der Waals surface area contributed by atoms with Gasteiger partial charge in [0.25, 0.3) is 0 Å². The van der Waals surface area contributed by atoms with Gasteiger partial charge in [-0.3, -0.25) is 38.5 Å². The lowest BCUT2D eigenvalue weighted by molar-refractivity contribution is -0.142. The Bertz CT molecular complexity index is 1510. The Balaban J connectivity index is 2.16. The van der Waals surface area contributed by atoms with Crippen molar-refractivity contribution in [2.24, 2.45) is 5.92 Å². The van der Waals surface area contributed by atoms with Crippen molar-refractivity contribution in [2.45, 2.75) is 135 Å². The summed E-state index contributed by atoms with van der Waals surface area (Å²) in [5, 5.41) is 45.8. The number of aliphatic hydroxyl groups excluding tert-OH is 1. The summed E-state index contributed by atoms with van der Waals surface area (Å²) in [7, 11) is 0. The fraction of sp³-hybridized carbons (Fsp3) is 0.639. The smallest absolute Gasteiger partial charge is 0.305 e. The van der Waals surface area contributed by atoms with Gasteiger partial charge in [0.1, 0.15) is 36.0 Å². The zero-order chi connectivity index (χ0) is 39.8. The third-order valence-electron chi connectivity index (χ3n) is 8.99. The molecule has 1 aromatic rings. The van der Waals surface area contributed by atoms with Gasteiger partial charge >= 0.3 is 5.97 Å². The van der Waals surface area contributed by atoms with Gasteiger partial charge in [-0.05, 0) is 84.0 Å². The molecule has 2 fully saturated rings. The summed E-state index contributed by atoms with van der Waals surface area (Å²) in [5.74, 6) is -6.31. The first-order valence-electron chi connectivity index (χ1n) is 17.9. The molecule has 9 N–H and O–H groups in total. The van der Waals surface area contributed by atoms with Gasteiger partial charge in [-0.25, -0.2) is 0 Å². The van der Waals surface area contributed by atoms with Crippen LogP contribution in [0.2, 0.25) is 0 Å². The molecule has 0 bridgehead atoms. The first-order chi connectivity index (χ1) is 24.7. The Hall–Kier alpha value is -4.77. The minimum atomic E-state index is -1.72. The second-order valence-electron chi connectivity index (χ2n) is 15.4. The number of carboxylic acids is 1. The molecule has 0 unspecified atom stereocenters. The highest BCUT2D eigenvalue weighted by Gasteiger charge is 2.44. The first-order valence-corrected chi connectivity index (χ1v) is 17.9. The van der Waals surface area contributed by atoms with Crippen molar-refractivity contribution in [3.63, 3.8) is 0 Å². The molecular weight excluding hydrogens is 690 g/mol. The molecule has 17 nitrogen and oxygen atoms in total. The summed E-state index contributed by atoms with van der Waals surface area (Å²) in [6.07, 6.45) is -1.56. The average molecular weight is 746 g/mol. The summed E-state index contributed by atoms with van der Waals surface area (Å²) in [4.78, 5) is 96.4. The van der Waals surface area contributed by atoms with Crippen LogP contribution in [0.1, 0.15) is 79.7 Å². The number of hydrogen-bond acceptors (Lipinski definition) is 10. The molecule has 2 aliphatic rings. The second-order valence-corrected chi connectivity index (χ2v) is 15.4. The lowest BCUT2D eigenvalue weighted by Crippen LogP contribution is -2.66. The van der Waals surface area contributed by atoms with Crippen molar-refractivity contribution in [1.29, 1.82) is 0 Å². The number of fused-ring (bicyclic) bond motifs is 1. The van der Waals surface area contributed by atoms with Crippen LogP contribution in [0.25, 0.3) is 0 Å². The quantitative estimate of drug-likeness (QED) is 0.157. The molecule has 2 aliphatic heterocycles. The molecule has 6 amide bonds. The largest absolute Gasteiger partial charge is 0.508 e. The number of nitrogens with one attached hydrogen (secondary N) is 6. The van der Waals surface area contributed by atoms with Crippen LogP contribution in [0.5, 0.6) is 5.75 Å². The molecule has 0 aromatic heterocycles. The molecule has 2 heterocycles. The standard InChI is InChI=1S/C36H55N7O10/c1-18(2)15-23-30(48)39-25(17-27(46)47)32(50)41-28(20(4)44)34(52)37-19(3)29(35(53)42-36(5,6)7)43-14-8-9-26(43)33(51)40-24(31(49)38-23)16-21-10-12-22(45)13-11-21/h10-13,18-20,23-26,28-29,44-45H,8-9,14-17H2,1-7H3,(H,37,52)(H,38,49)(H,39,48)(H,40,51)(H,41,50)(H,42,53)(H,46,47)/t19-,20+,23-,24+,25-,26-,28-,29+/m0/s1. The van der Waals surface area contributed by atoms with Gasteiger partial charge in [0.05, 0.1) is 24.6 Å². The molecule has 17 heteroatoms. The lowest BCUT2D eigenvalue weighted by atomic mass is 9.99. The lowest BCUT2D eigenvalue weighted by Gasteiger charge is -2.38. The van der Waals surface area contributed by atoms with Gasteiger partial charge in [0.15, 0.2) is 0 Å². The van der Waals surface area contributed by atoms with Gasteiger partial charge < -0.3 is 47.2 Å². The van der Waals surface area contributed by atoms with Gasteiger partial charge in [0, 0.05) is 12.0 Å². The van der Waals surface area contributed by atoms with E-state index in [-0.39, 0.29) is 31.1 Å². The van der Waals surface area contributed by atoms with Crippen LogP contribution in [0.15, 0.2) is 24.3 Å². The molecular formula is C36H55N7O10. The normalized spacial score (nSPS) is 27.6. The van der Waals surface area contributed by atoms with Gasteiger partial charge in [-0.1, -0.05) is 26.0 Å². The molecule has 3 rings (SSSR count). The summed E-state index contributed by atoms with van der Waals surface area (Å²) in [6.45, 7) is 11.9. The number of benzene rings is 1. The predicted molar refractivity (Wildman–Crippen MR) is 192 cm³/mol. The molecule has 53 heavy (non-hydrogen) atoms. The van der Waals surface area contributed by atoms with E-state index in [0.29, 0.717) is 18.4 Å². The van der Waals surface area contributed by atoms with Gasteiger partial charge in [-0.2, -0.15) is 0 Å². The molecule has 2 saturated heterocycles. The minimum Gasteiger partial charge on any atom is -0.508 e. The van der Waals surface area contributed by atoms with Crippen LogP contribution in [0, 0.1) is 5.92 Å². The average Bonchev–Trinajstić information content (AvgIpc) is 3.50. The number of carboxylic acid groups (broad SMARTS) is 1. The zero-order valence-corrected chi connectivity index (χ0v) is 31.4. The van der Waals surface area contributed by atoms with Crippen LogP contribution < -0.4 is 31.9 Å². The maximum Gasteiger partial charge on any atom is 0.305 e. The van der Waals surface area contributed by atoms with Crippen molar-refractivity contribution in [2.75, 3.05) is 6.54 Å². The van der Waals surface area contributed by atoms with E-state index in [0.717, 1.165) is 0 Å². The fourth-order valence-electron chi connectivity index (χ4n) is 6.54. The predicted octanol–water partition coefficient (Wildman–Crippen LogP) is -0.958. The number of amides is 6. The van der Waals surface area contributed by atoms with E-state index in [1.807, 2.05) is 0 Å². The molecule has 8 atom stereocenters. The summed E-state index contributed by atoms with van der Waals surface area (Å²) in [5.41, 5.74) is -0.132. The van der Waals surface area contributed by atoms with E-state index >= 15 is 0 Å². The SMILES string of the molecule is CC(C)C[C@@H]1NC(=O)[C@@H](Cc2ccc(O)cc2)NC(=O)[C@@H]2CCCN2[C@@H](C(=O)NC(C)(C)C)[C@H](C)NC(=O)[C@H]([C@@H](C)O)NC(=O)[C@H](CC(=O)O)NC1=O. The van der Waals surface area contributed by atoms with Crippen LogP contribution in [-0.4, -0.2) is 122 Å². The molecule has 1 aromatic carbocycles. The highest BCUT2D eigenvalue weighted by molar-refractivity contribution is 5.97. The van der Waals surface area contributed by atoms with E-state index in [1.54, 1.807) is 58.6 Å². The summed E-state index contributed by atoms with van der Waals surface area (Å²) < 4.78 is 0. The number of hydrogen-bond donors (Lipinski definition) is 9. The number of aromatic hydroxyl groups is 1. The van der Waals surface area contributed by atoms with E-state index in [2.05, 4.69) is 31.9 Å². The maximum atomic E-state index is 14.2. The van der Waals surface area contributed by atoms with Crippen LogP contribution >= 0.6 is 0 Å². The van der Waals surface area contributed by atoms with Crippen molar-refractivity contribution in [3.8, 4) is 5.75 Å². The highest BCUT2D eigenvalue weighted by atomic mass is 16.4. The molecule has 0 saturated carbocycles. The number of carbonyl (C=O) groups is 7. The van der Waals surface area contributed by atoms with E-state index < -0.39 is 102 Å². The number of aliphatic hydroxyl groups is 1. The third kappa shape index (κ3) is 12.4. The minimum absolute atomic E-state index is 0.0114. The summed E-state index contributed by atoms with van der Waals surface area (Å²) >= 11 is 0. The number of rotatable bonds is 8. The number of aliphatic carboxylic acids is 1. The first kappa shape index (κ1) is 42.6. The van der Waals surface area contributed by atoms with Crippen molar-refractivity contribution >= 4 is 41.4 Å². The molecule has 0 spiro atoms. The van der Waals surface area contributed by atoms with Crippen LogP contribution in [-0.2, 0) is 40.0 Å². The zero-order valence-electron chi connectivity index (χ0n) is 31.4. The van der Waals surface area contributed by atoms with Crippen LogP contribution in [0.3, 0.4) is 0 Å². The Morgan fingerprint density at radius 2 is 1.42 bits per heavy atom. The summed E-state index contributed by atoms with van der Waals surface area (Å²) in [6, 6.07) is -2.93. The monoisotopic (exact) mass is 745 g/mol. The maximum absolute atomic E-state index is 14.2. The van der Waals surface area contributed by atoms with Crippen molar-refractivity contribution in [1.82, 2.24) is 36.8 Å². The van der Waals surface area contributed by atoms with E-state index in [1.165, 1.54) is 19.1 Å². The highest BCUT2D eigenvalue weighted by Crippen LogP contribution is 2.24. The molecule has 294 valence electrons. The van der Waals surface area contributed by atoms with Crippen molar-refractivity contribution in [3.05, 3.63) is 29.8 Å². The number of carbonyl (C=O) groups excluding carboxylic acids is 6. The third-order valence-corrected chi connectivity index (χ3v) is 8.99. The van der Waals surface area contributed by atoms with Gasteiger partial charge in [-0.15, -0.1) is 0 Å². The Labute approximate surface area is 309 Å². The fourth-order valence-corrected chi connectivity index (χ4v) is 6.54. The molecule has 0 aliphatic carbocycles. The Morgan fingerprint density at radius 3 is 1.98 bits per heavy atom. The number of phenolic OH excluding ortho intramolecular Hbond substituents is 1. The topological polar surface area (TPSA) is 256 Å². The Kier molecular flexibility index (Phi) is 14.7. The number of nitrogens with zero attached hydrogens (tertiary/aromatic N) is 1. The number of phenols is 1. The van der Waals surface area contributed by atoms with Crippen molar-refractivity contribution < 1.29 is 48.9 Å². The Morgan fingerprint density at radius 1 is 0.849 bits per heavy atom. The van der Waals surface area contributed by atoms with Gasteiger partial charge in [0.2, 0.25) is 35.4 Å². The van der Waals surface area contributed by atoms with E-state index in [4.69, 9.17) is 0 Å². The van der Waals surface area contributed by atoms with Crippen LogP contribution in [0.4, 0.5) is 0 Å².